The van der Waals surface area contributed by atoms with E-state index in [9.17, 15) is 20.4 Å². The molecule has 4 N–H and O–H groups in total. The molecule has 9 atom stereocenters. The van der Waals surface area contributed by atoms with Crippen LogP contribution >= 0.6 is 0 Å². The van der Waals surface area contributed by atoms with Crippen molar-refractivity contribution in [2.75, 3.05) is 41.2 Å². The molecular weight excluding hydrogens is 500 g/mol. The third-order valence-corrected chi connectivity index (χ3v) is 7.61. The molecule has 0 amide bonds. The summed E-state index contributed by atoms with van der Waals surface area (Å²) in [6, 6.07) is 11.1. The second kappa shape index (κ2) is 11.2. The highest BCUT2D eigenvalue weighted by Gasteiger charge is 2.49. The van der Waals surface area contributed by atoms with Crippen molar-refractivity contribution in [1.29, 1.82) is 0 Å². The Morgan fingerprint density at radius 2 is 1.24 bits per heavy atom. The van der Waals surface area contributed by atoms with Crippen LogP contribution in [0.5, 0.6) is 23.0 Å². The Bertz CT molecular complexity index is 1110. The van der Waals surface area contributed by atoms with E-state index >= 15 is 0 Å². The molecule has 3 aliphatic rings. The molecule has 0 aromatic heterocycles. The zero-order chi connectivity index (χ0) is 27.0. The Morgan fingerprint density at radius 3 is 1.76 bits per heavy atom. The predicted molar refractivity (Wildman–Crippen MR) is 131 cm³/mol. The van der Waals surface area contributed by atoms with Crippen LogP contribution in [0, 0.1) is 11.8 Å². The fraction of sp³-hybridized carbons (Fsp3) is 0.556. The van der Waals surface area contributed by atoms with E-state index in [0.29, 0.717) is 30.5 Å². The first-order valence-electron chi connectivity index (χ1n) is 12.5. The lowest BCUT2D eigenvalue weighted by atomic mass is 9.85. The topological polar surface area (TPSA) is 146 Å². The number of methoxy groups -OCH3 is 3. The zero-order valence-electron chi connectivity index (χ0n) is 21.4. The van der Waals surface area contributed by atoms with Crippen LogP contribution in [0.25, 0.3) is 0 Å². The molecule has 11 nitrogen and oxygen atoms in total. The van der Waals surface area contributed by atoms with Gasteiger partial charge in [0.25, 0.3) is 0 Å². The largest absolute Gasteiger partial charge is 0.493 e. The summed E-state index contributed by atoms with van der Waals surface area (Å²) in [6.07, 6.45) is -7.29. The summed E-state index contributed by atoms with van der Waals surface area (Å²) in [7, 11) is 4.69. The van der Waals surface area contributed by atoms with Crippen LogP contribution in [0.1, 0.15) is 23.3 Å². The summed E-state index contributed by atoms with van der Waals surface area (Å²) >= 11 is 0. The van der Waals surface area contributed by atoms with Crippen molar-refractivity contribution >= 4 is 0 Å². The second-order valence-electron chi connectivity index (χ2n) is 9.68. The predicted octanol–water partition coefficient (Wildman–Crippen LogP) is 0.966. The molecule has 0 spiro atoms. The van der Waals surface area contributed by atoms with E-state index in [0.717, 1.165) is 11.1 Å². The van der Waals surface area contributed by atoms with Crippen LogP contribution in [0.15, 0.2) is 36.4 Å². The lowest BCUT2D eigenvalue weighted by Gasteiger charge is -2.39. The van der Waals surface area contributed by atoms with E-state index < -0.39 is 37.3 Å². The van der Waals surface area contributed by atoms with Crippen LogP contribution in [0.4, 0.5) is 0 Å². The smallest absolute Gasteiger partial charge is 0.229 e. The van der Waals surface area contributed by atoms with E-state index in [1.54, 1.807) is 26.4 Å². The van der Waals surface area contributed by atoms with E-state index in [1.807, 2.05) is 24.3 Å². The third-order valence-electron chi connectivity index (χ3n) is 7.61. The Labute approximate surface area is 220 Å². The van der Waals surface area contributed by atoms with Crippen molar-refractivity contribution in [1.82, 2.24) is 0 Å². The van der Waals surface area contributed by atoms with E-state index in [-0.39, 0.29) is 29.8 Å². The molecule has 3 aliphatic heterocycles. The molecule has 3 heterocycles. The summed E-state index contributed by atoms with van der Waals surface area (Å²) < 4.78 is 40.1. The van der Waals surface area contributed by atoms with Gasteiger partial charge in [0.1, 0.15) is 24.4 Å². The van der Waals surface area contributed by atoms with Crippen molar-refractivity contribution in [3.05, 3.63) is 47.5 Å². The fourth-order valence-electron chi connectivity index (χ4n) is 5.51. The zero-order valence-corrected chi connectivity index (χ0v) is 21.4. The molecule has 0 bridgehead atoms. The number of hydrogen-bond acceptors (Lipinski definition) is 11. The highest BCUT2D eigenvalue weighted by atomic mass is 16.7. The average molecular weight is 535 g/mol. The van der Waals surface area contributed by atoms with Gasteiger partial charge in [-0.1, -0.05) is 12.1 Å². The van der Waals surface area contributed by atoms with Crippen molar-refractivity contribution in [2.45, 2.75) is 42.9 Å². The lowest BCUT2D eigenvalue weighted by molar-refractivity contribution is -0.277. The Kier molecular flexibility index (Phi) is 7.96. The molecule has 0 saturated carbocycles. The van der Waals surface area contributed by atoms with Gasteiger partial charge in [-0.15, -0.1) is 0 Å². The Hall–Kier alpha value is -2.64. The van der Waals surface area contributed by atoms with Crippen molar-refractivity contribution < 1.29 is 53.6 Å². The van der Waals surface area contributed by atoms with Gasteiger partial charge >= 0.3 is 0 Å². The molecule has 38 heavy (non-hydrogen) atoms. The minimum absolute atomic E-state index is 0.120. The molecule has 2 aromatic carbocycles. The van der Waals surface area contributed by atoms with Crippen LogP contribution < -0.4 is 18.9 Å². The van der Waals surface area contributed by atoms with Gasteiger partial charge in [0.15, 0.2) is 23.0 Å². The van der Waals surface area contributed by atoms with Crippen LogP contribution in [0.2, 0.25) is 0 Å². The molecule has 3 saturated heterocycles. The standard InChI is InChI=1S/C27H34O11/c1-32-17-6-4-13(8-19(17)33-2)25-15-11-36-26(16(15)12-35-25)14-5-7-18(20(9-14)34-3)37-27-24(31)23(30)22(29)21(10-28)38-27/h4-9,15-16,21-31H,10-12H2,1-3H3/t15-,16-,21+,22+,23-,24+,25?,26?,27+/m0/s1. The molecule has 5 rings (SSSR count). The number of hydrogen-bond donors (Lipinski definition) is 4. The van der Waals surface area contributed by atoms with E-state index in [4.69, 9.17) is 33.2 Å². The summed E-state index contributed by atoms with van der Waals surface area (Å²) in [4.78, 5) is 0. The summed E-state index contributed by atoms with van der Waals surface area (Å²) in [5, 5.41) is 39.8. The Morgan fingerprint density at radius 1 is 0.711 bits per heavy atom. The van der Waals surface area contributed by atoms with Crippen molar-refractivity contribution in [3.63, 3.8) is 0 Å². The maximum atomic E-state index is 10.3. The molecule has 3 fully saturated rings. The van der Waals surface area contributed by atoms with Gasteiger partial charge in [0.05, 0.1) is 53.4 Å². The monoisotopic (exact) mass is 534 g/mol. The fourth-order valence-corrected chi connectivity index (χ4v) is 5.51. The van der Waals surface area contributed by atoms with Crippen LogP contribution in [-0.2, 0) is 14.2 Å². The first kappa shape index (κ1) is 26.9. The average Bonchev–Trinajstić information content (AvgIpc) is 3.55. The number of aliphatic hydroxyl groups is 4. The number of rotatable bonds is 8. The normalized spacial score (nSPS) is 34.6. The molecular formula is C27H34O11. The Balaban J connectivity index is 1.31. The first-order chi connectivity index (χ1) is 18.4. The van der Waals surface area contributed by atoms with Crippen molar-refractivity contribution in [3.8, 4) is 23.0 Å². The van der Waals surface area contributed by atoms with Gasteiger partial charge in [0, 0.05) is 11.8 Å². The van der Waals surface area contributed by atoms with Crippen LogP contribution in [-0.4, -0.2) is 92.3 Å². The maximum absolute atomic E-state index is 10.3. The number of fused-ring (bicyclic) bond motifs is 1. The van der Waals surface area contributed by atoms with Gasteiger partial charge in [-0.2, -0.15) is 0 Å². The number of ether oxygens (including phenoxy) is 7. The highest BCUT2D eigenvalue weighted by Crippen LogP contribution is 2.51. The summed E-state index contributed by atoms with van der Waals surface area (Å²) in [5.74, 6) is 2.21. The third kappa shape index (κ3) is 4.79. The number of aliphatic hydroxyl groups excluding tert-OH is 4. The quantitative estimate of drug-likeness (QED) is 0.384. The highest BCUT2D eigenvalue weighted by molar-refractivity contribution is 5.45. The summed E-state index contributed by atoms with van der Waals surface area (Å²) in [6.45, 7) is 0.508. The molecule has 11 heteroatoms. The van der Waals surface area contributed by atoms with Gasteiger partial charge < -0.3 is 53.6 Å². The molecule has 2 unspecified atom stereocenters. The van der Waals surface area contributed by atoms with Gasteiger partial charge in [-0.05, 0) is 35.4 Å². The van der Waals surface area contributed by atoms with Gasteiger partial charge in [-0.25, -0.2) is 0 Å². The van der Waals surface area contributed by atoms with Crippen LogP contribution in [0.3, 0.4) is 0 Å². The molecule has 0 aliphatic carbocycles. The number of benzene rings is 2. The minimum atomic E-state index is -1.54. The molecule has 208 valence electrons. The second-order valence-corrected chi connectivity index (χ2v) is 9.68. The maximum Gasteiger partial charge on any atom is 0.229 e. The first-order valence-corrected chi connectivity index (χ1v) is 12.5. The van der Waals surface area contributed by atoms with Gasteiger partial charge in [-0.3, -0.25) is 0 Å². The SMILES string of the molecule is COc1ccc(C2OC[C@@H]3C(c4ccc(O[C@@H]5O[C@H](CO)[C@@H](O)[C@H](O)[C@H]5O)c(OC)c4)OC[C@H]23)cc1OC. The van der Waals surface area contributed by atoms with Crippen molar-refractivity contribution in [2.24, 2.45) is 11.8 Å². The minimum Gasteiger partial charge on any atom is -0.493 e. The summed E-state index contributed by atoms with van der Waals surface area (Å²) in [5.41, 5.74) is 1.88. The molecule has 2 aromatic rings. The lowest BCUT2D eigenvalue weighted by Crippen LogP contribution is -2.60. The molecule has 0 radical (unpaired) electrons. The van der Waals surface area contributed by atoms with Gasteiger partial charge in [0.2, 0.25) is 6.29 Å². The van der Waals surface area contributed by atoms with E-state index in [2.05, 4.69) is 0 Å². The van der Waals surface area contributed by atoms with E-state index in [1.165, 1.54) is 7.11 Å².